The van der Waals surface area contributed by atoms with E-state index in [1.54, 1.807) is 0 Å². The molecule has 80 valence electrons. The first-order valence-corrected chi connectivity index (χ1v) is 5.98. The fourth-order valence-electron chi connectivity index (χ4n) is 4.42. The minimum absolute atomic E-state index is 0.153. The van der Waals surface area contributed by atoms with E-state index in [0.717, 1.165) is 25.7 Å². The molecule has 4 aliphatic rings. The fraction of sp³-hybridized carbons (Fsp3) is 1.00. The summed E-state index contributed by atoms with van der Waals surface area (Å²) < 4.78 is 0. The summed E-state index contributed by atoms with van der Waals surface area (Å²) in [7, 11) is 0. The Morgan fingerprint density at radius 2 is 1.71 bits per heavy atom. The zero-order valence-corrected chi connectivity index (χ0v) is 8.82. The third-order valence-corrected chi connectivity index (χ3v) is 4.99. The fourth-order valence-corrected chi connectivity index (χ4v) is 4.42. The van der Waals surface area contributed by atoms with Gasteiger partial charge in [0.25, 0.3) is 0 Å². The van der Waals surface area contributed by atoms with Crippen LogP contribution in [0.2, 0.25) is 0 Å². The molecule has 0 aromatic heterocycles. The molecule has 6 atom stereocenters. The Labute approximate surface area is 85.3 Å². The number of fused-ring (bicyclic) bond motifs is 1. The van der Waals surface area contributed by atoms with Crippen LogP contribution < -0.4 is 0 Å². The van der Waals surface area contributed by atoms with E-state index in [9.17, 15) is 10.2 Å². The number of aliphatic hydroxyl groups excluding tert-OH is 1. The molecule has 0 heterocycles. The molecule has 0 radical (unpaired) electrons. The molecule has 0 amide bonds. The molecule has 4 bridgehead atoms. The number of aliphatic hydroxyl groups is 2. The van der Waals surface area contributed by atoms with E-state index in [2.05, 4.69) is 6.92 Å². The molecule has 0 aliphatic heterocycles. The quantitative estimate of drug-likeness (QED) is 0.617. The number of rotatable bonds is 0. The zero-order chi connectivity index (χ0) is 9.92. The zero-order valence-electron chi connectivity index (χ0n) is 8.82. The molecule has 4 saturated carbocycles. The van der Waals surface area contributed by atoms with Gasteiger partial charge >= 0.3 is 0 Å². The van der Waals surface area contributed by atoms with Crippen molar-refractivity contribution in [2.75, 3.05) is 0 Å². The summed E-state index contributed by atoms with van der Waals surface area (Å²) in [6.45, 7) is 2.17. The minimum Gasteiger partial charge on any atom is -0.393 e. The Morgan fingerprint density at radius 3 is 2.43 bits per heavy atom. The molecule has 0 spiro atoms. The predicted molar refractivity (Wildman–Crippen MR) is 53.7 cm³/mol. The van der Waals surface area contributed by atoms with Gasteiger partial charge in [0.2, 0.25) is 0 Å². The van der Waals surface area contributed by atoms with Crippen molar-refractivity contribution >= 4 is 0 Å². The van der Waals surface area contributed by atoms with E-state index in [-0.39, 0.29) is 6.10 Å². The van der Waals surface area contributed by atoms with Gasteiger partial charge in [0.1, 0.15) is 0 Å². The normalized spacial score (nSPS) is 61.5. The molecule has 4 fully saturated rings. The van der Waals surface area contributed by atoms with Gasteiger partial charge in [-0.1, -0.05) is 6.92 Å². The van der Waals surface area contributed by atoms with Gasteiger partial charge < -0.3 is 10.2 Å². The van der Waals surface area contributed by atoms with Crippen molar-refractivity contribution in [2.45, 2.75) is 50.7 Å². The first kappa shape index (κ1) is 9.17. The van der Waals surface area contributed by atoms with E-state index in [1.165, 1.54) is 6.42 Å². The van der Waals surface area contributed by atoms with Crippen molar-refractivity contribution in [1.82, 2.24) is 0 Å². The van der Waals surface area contributed by atoms with E-state index in [1.807, 2.05) is 0 Å². The Hall–Kier alpha value is -0.0800. The lowest BCUT2D eigenvalue weighted by Crippen LogP contribution is -2.43. The van der Waals surface area contributed by atoms with Gasteiger partial charge in [-0.2, -0.15) is 0 Å². The van der Waals surface area contributed by atoms with E-state index in [0.29, 0.717) is 23.7 Å². The summed E-state index contributed by atoms with van der Waals surface area (Å²) in [5, 5.41) is 20.6. The molecule has 14 heavy (non-hydrogen) atoms. The van der Waals surface area contributed by atoms with Crippen LogP contribution in [0.15, 0.2) is 0 Å². The highest BCUT2D eigenvalue weighted by atomic mass is 16.3. The lowest BCUT2D eigenvalue weighted by molar-refractivity contribution is -0.0777. The van der Waals surface area contributed by atoms with Crippen LogP contribution in [0.5, 0.6) is 0 Å². The van der Waals surface area contributed by atoms with Crippen LogP contribution in [-0.4, -0.2) is 21.9 Å². The van der Waals surface area contributed by atoms with Crippen LogP contribution in [-0.2, 0) is 0 Å². The highest BCUT2D eigenvalue weighted by Gasteiger charge is 2.52. The smallest absolute Gasteiger partial charge is 0.0656 e. The van der Waals surface area contributed by atoms with Crippen molar-refractivity contribution in [1.29, 1.82) is 0 Å². The van der Waals surface area contributed by atoms with Gasteiger partial charge in [0.05, 0.1) is 11.7 Å². The average Bonchev–Trinajstić information content (AvgIpc) is 2.21. The van der Waals surface area contributed by atoms with Gasteiger partial charge in [0.15, 0.2) is 0 Å². The monoisotopic (exact) mass is 196 g/mol. The molecule has 0 saturated heterocycles. The van der Waals surface area contributed by atoms with Crippen molar-refractivity contribution in [3.63, 3.8) is 0 Å². The second-order valence-electron chi connectivity index (χ2n) is 6.04. The first-order chi connectivity index (χ1) is 6.57. The lowest BCUT2D eigenvalue weighted by atomic mass is 9.64. The van der Waals surface area contributed by atoms with Crippen LogP contribution >= 0.6 is 0 Å². The van der Waals surface area contributed by atoms with Gasteiger partial charge in [-0.05, 0) is 55.8 Å². The van der Waals surface area contributed by atoms with Crippen LogP contribution in [0.1, 0.15) is 39.0 Å². The van der Waals surface area contributed by atoms with Crippen LogP contribution in [0.25, 0.3) is 0 Å². The highest BCUT2D eigenvalue weighted by Crippen LogP contribution is 2.54. The molecular weight excluding hydrogens is 176 g/mol. The maximum Gasteiger partial charge on any atom is 0.0656 e. The Balaban J connectivity index is 1.99. The summed E-state index contributed by atoms with van der Waals surface area (Å²) in [6.07, 6.45) is 5.05. The Morgan fingerprint density at radius 1 is 1.07 bits per heavy atom. The molecule has 4 aliphatic carbocycles. The Kier molecular flexibility index (Phi) is 1.79. The summed E-state index contributed by atoms with van der Waals surface area (Å²) in [6, 6.07) is 0. The van der Waals surface area contributed by atoms with Crippen LogP contribution in [0.4, 0.5) is 0 Å². The first-order valence-electron chi connectivity index (χ1n) is 5.98. The van der Waals surface area contributed by atoms with Gasteiger partial charge in [-0.25, -0.2) is 0 Å². The molecule has 4 rings (SSSR count). The molecular formula is C12H20O2. The summed E-state index contributed by atoms with van der Waals surface area (Å²) >= 11 is 0. The lowest BCUT2D eigenvalue weighted by Gasteiger charge is -2.45. The SMILES string of the molecule is CC1C2CC3CC(CC(O)(C3)C2)C1O. The van der Waals surface area contributed by atoms with Crippen molar-refractivity contribution in [3.8, 4) is 0 Å². The van der Waals surface area contributed by atoms with Gasteiger partial charge in [0, 0.05) is 0 Å². The summed E-state index contributed by atoms with van der Waals surface area (Å²) in [5.74, 6) is 2.04. The summed E-state index contributed by atoms with van der Waals surface area (Å²) in [4.78, 5) is 0. The molecule has 0 aromatic carbocycles. The maximum absolute atomic E-state index is 10.4. The van der Waals surface area contributed by atoms with Gasteiger partial charge in [-0.15, -0.1) is 0 Å². The largest absolute Gasteiger partial charge is 0.393 e. The number of hydrogen-bond acceptors (Lipinski definition) is 2. The standard InChI is InChI=1S/C12H20O2/c1-7-9-2-8-3-10(11(7)13)6-12(14,4-8)5-9/h7-11,13-14H,2-6H2,1H3. The maximum atomic E-state index is 10.4. The van der Waals surface area contributed by atoms with Crippen LogP contribution in [0.3, 0.4) is 0 Å². The van der Waals surface area contributed by atoms with Gasteiger partial charge in [-0.3, -0.25) is 0 Å². The van der Waals surface area contributed by atoms with E-state index < -0.39 is 5.60 Å². The second-order valence-corrected chi connectivity index (χ2v) is 6.04. The average molecular weight is 196 g/mol. The van der Waals surface area contributed by atoms with Crippen molar-refractivity contribution in [3.05, 3.63) is 0 Å². The molecule has 0 aromatic rings. The van der Waals surface area contributed by atoms with Crippen molar-refractivity contribution < 1.29 is 10.2 Å². The second kappa shape index (κ2) is 2.73. The molecule has 2 nitrogen and oxygen atoms in total. The topological polar surface area (TPSA) is 40.5 Å². The number of hydrogen-bond donors (Lipinski definition) is 2. The molecule has 2 N–H and O–H groups in total. The molecule has 6 unspecified atom stereocenters. The Bertz CT molecular complexity index is 231. The third-order valence-electron chi connectivity index (χ3n) is 4.99. The predicted octanol–water partition coefficient (Wildman–Crippen LogP) is 1.55. The van der Waals surface area contributed by atoms with Crippen LogP contribution in [0, 0.1) is 23.7 Å². The minimum atomic E-state index is -0.414. The third kappa shape index (κ3) is 1.17. The van der Waals surface area contributed by atoms with E-state index >= 15 is 0 Å². The highest BCUT2D eigenvalue weighted by molar-refractivity contribution is 5.03. The van der Waals surface area contributed by atoms with Crippen molar-refractivity contribution in [2.24, 2.45) is 23.7 Å². The summed E-state index contributed by atoms with van der Waals surface area (Å²) in [5.41, 5.74) is -0.414. The molecule has 2 heteroatoms. The van der Waals surface area contributed by atoms with E-state index in [4.69, 9.17) is 0 Å².